The van der Waals surface area contributed by atoms with Gasteiger partial charge in [-0.25, -0.2) is 9.18 Å². The molecule has 1 fully saturated rings. The minimum atomic E-state index is -0.561. The Kier molecular flexibility index (Phi) is 5.59. The number of amides is 3. The second kappa shape index (κ2) is 8.07. The molecule has 27 heavy (non-hydrogen) atoms. The van der Waals surface area contributed by atoms with Gasteiger partial charge in [0.15, 0.2) is 0 Å². The van der Waals surface area contributed by atoms with Crippen LogP contribution in [0.5, 0.6) is 5.75 Å². The molecule has 142 valence electrons. The molecule has 2 N–H and O–H groups in total. The molecule has 1 aliphatic heterocycles. The fourth-order valence-corrected chi connectivity index (χ4v) is 3.29. The third-order valence-corrected chi connectivity index (χ3v) is 4.52. The molecular weight excluding hydrogens is 349 g/mol. The Hall–Kier alpha value is -3.09. The van der Waals surface area contributed by atoms with Crippen LogP contribution >= 0.6 is 0 Å². The third kappa shape index (κ3) is 4.36. The first-order valence-electron chi connectivity index (χ1n) is 8.76. The van der Waals surface area contributed by atoms with Crippen LogP contribution in [0, 0.1) is 5.82 Å². The Morgan fingerprint density at radius 2 is 2.00 bits per heavy atom. The fourth-order valence-electron chi connectivity index (χ4n) is 3.29. The second-order valence-electron chi connectivity index (χ2n) is 6.43. The first-order valence-corrected chi connectivity index (χ1v) is 8.76. The number of methoxy groups -OCH3 is 1. The molecule has 2 aromatic rings. The van der Waals surface area contributed by atoms with Crippen LogP contribution in [0.4, 0.5) is 20.6 Å². The van der Waals surface area contributed by atoms with Crippen molar-refractivity contribution in [2.75, 3.05) is 24.3 Å². The molecule has 7 heteroatoms. The number of hydrogen-bond acceptors (Lipinski definition) is 3. The first-order chi connectivity index (χ1) is 13.0. The number of hydrogen-bond donors (Lipinski definition) is 2. The summed E-state index contributed by atoms with van der Waals surface area (Å²) in [5, 5.41) is 5.20. The predicted octanol–water partition coefficient (Wildman–Crippen LogP) is 4.16. The average molecular weight is 371 g/mol. The summed E-state index contributed by atoms with van der Waals surface area (Å²) in [5.74, 6) is -0.0973. The Bertz CT molecular complexity index is 856. The van der Waals surface area contributed by atoms with Crippen LogP contribution in [-0.2, 0) is 4.79 Å². The van der Waals surface area contributed by atoms with Crippen LogP contribution in [-0.4, -0.2) is 30.5 Å². The molecule has 1 aliphatic rings. The molecule has 1 saturated heterocycles. The number of anilines is 2. The summed E-state index contributed by atoms with van der Waals surface area (Å²) < 4.78 is 19.4. The lowest BCUT2D eigenvalue weighted by Crippen LogP contribution is -2.34. The normalized spacial score (nSPS) is 16.1. The first kappa shape index (κ1) is 18.7. The van der Waals surface area contributed by atoms with Gasteiger partial charge in [0.1, 0.15) is 11.6 Å². The number of carbonyl (C=O) groups excluding carboxylic acids is 2. The lowest BCUT2D eigenvalue weighted by molar-refractivity contribution is -0.114. The van der Waals surface area contributed by atoms with Crippen molar-refractivity contribution < 1.29 is 18.7 Å². The molecule has 2 aromatic carbocycles. The summed E-state index contributed by atoms with van der Waals surface area (Å²) in [6.07, 6.45) is 1.69. The summed E-state index contributed by atoms with van der Waals surface area (Å²) in [5.41, 5.74) is 1.43. The standard InChI is InChI=1S/C20H22FN3O3/c1-13(25)22-15-8-9-17(21)18(12-15)23-20(26)24-10-4-7-19(24)14-5-3-6-16(11-14)27-2/h3,5-6,8-9,11-12,19H,4,7,10H2,1-2H3,(H,22,25)(H,23,26). The highest BCUT2D eigenvalue weighted by Gasteiger charge is 2.30. The summed E-state index contributed by atoms with van der Waals surface area (Å²) in [6.45, 7) is 1.95. The Morgan fingerprint density at radius 3 is 2.74 bits per heavy atom. The molecule has 3 amide bonds. The quantitative estimate of drug-likeness (QED) is 0.848. The monoisotopic (exact) mass is 371 g/mol. The van der Waals surface area contributed by atoms with Gasteiger partial charge in [0.2, 0.25) is 5.91 Å². The van der Waals surface area contributed by atoms with E-state index >= 15 is 0 Å². The lowest BCUT2D eigenvalue weighted by atomic mass is 10.0. The largest absolute Gasteiger partial charge is 0.497 e. The van der Waals surface area contributed by atoms with Gasteiger partial charge < -0.3 is 20.3 Å². The van der Waals surface area contributed by atoms with E-state index in [9.17, 15) is 14.0 Å². The fraction of sp³-hybridized carbons (Fsp3) is 0.300. The molecule has 0 saturated carbocycles. The van der Waals surface area contributed by atoms with Crippen molar-refractivity contribution in [2.45, 2.75) is 25.8 Å². The number of rotatable bonds is 4. The minimum Gasteiger partial charge on any atom is -0.497 e. The number of urea groups is 1. The predicted molar refractivity (Wildman–Crippen MR) is 101 cm³/mol. The van der Waals surface area contributed by atoms with Gasteiger partial charge in [-0.05, 0) is 48.7 Å². The van der Waals surface area contributed by atoms with E-state index in [2.05, 4.69) is 10.6 Å². The van der Waals surface area contributed by atoms with E-state index in [0.29, 0.717) is 12.2 Å². The second-order valence-corrected chi connectivity index (χ2v) is 6.43. The van der Waals surface area contributed by atoms with Crippen LogP contribution in [0.15, 0.2) is 42.5 Å². The van der Waals surface area contributed by atoms with Gasteiger partial charge in [-0.2, -0.15) is 0 Å². The molecular formula is C20H22FN3O3. The zero-order valence-corrected chi connectivity index (χ0v) is 15.3. The highest BCUT2D eigenvalue weighted by Crippen LogP contribution is 2.34. The molecule has 0 bridgehead atoms. The zero-order valence-electron chi connectivity index (χ0n) is 15.3. The van der Waals surface area contributed by atoms with Crippen LogP contribution in [0.3, 0.4) is 0 Å². The molecule has 1 atom stereocenters. The third-order valence-electron chi connectivity index (χ3n) is 4.52. The van der Waals surface area contributed by atoms with Gasteiger partial charge in [-0.1, -0.05) is 12.1 Å². The molecule has 1 heterocycles. The van der Waals surface area contributed by atoms with Crippen LogP contribution in [0.25, 0.3) is 0 Å². The molecule has 0 spiro atoms. The molecule has 0 radical (unpaired) electrons. The van der Waals surface area contributed by atoms with E-state index in [1.807, 2.05) is 24.3 Å². The van der Waals surface area contributed by atoms with Crippen LogP contribution < -0.4 is 15.4 Å². The highest BCUT2D eigenvalue weighted by molar-refractivity contribution is 5.93. The number of halogens is 1. The molecule has 0 aromatic heterocycles. The summed E-state index contributed by atoms with van der Waals surface area (Å²) in [7, 11) is 1.60. The van der Waals surface area contributed by atoms with Crippen molar-refractivity contribution in [3.63, 3.8) is 0 Å². The molecule has 3 rings (SSSR count). The van der Waals surface area contributed by atoms with Gasteiger partial charge in [0.05, 0.1) is 18.8 Å². The number of nitrogens with one attached hydrogen (secondary N) is 2. The number of likely N-dealkylation sites (tertiary alicyclic amines) is 1. The minimum absolute atomic E-state index is 0.0301. The lowest BCUT2D eigenvalue weighted by Gasteiger charge is -2.26. The van der Waals surface area contributed by atoms with E-state index < -0.39 is 5.82 Å². The number of ether oxygens (including phenoxy) is 1. The summed E-state index contributed by atoms with van der Waals surface area (Å²) in [4.78, 5) is 25.6. The smallest absolute Gasteiger partial charge is 0.322 e. The van der Waals surface area contributed by atoms with Crippen LogP contribution in [0.2, 0.25) is 0 Å². The number of nitrogens with zero attached hydrogens (tertiary/aromatic N) is 1. The summed E-state index contributed by atoms with van der Waals surface area (Å²) >= 11 is 0. The Labute approximate surface area is 157 Å². The van der Waals surface area contributed by atoms with E-state index in [-0.39, 0.29) is 23.7 Å². The maximum atomic E-state index is 14.1. The van der Waals surface area contributed by atoms with Crippen molar-refractivity contribution in [1.29, 1.82) is 0 Å². The van der Waals surface area contributed by atoms with Gasteiger partial charge >= 0.3 is 6.03 Å². The van der Waals surface area contributed by atoms with E-state index in [1.54, 1.807) is 12.0 Å². The van der Waals surface area contributed by atoms with E-state index in [1.165, 1.54) is 25.1 Å². The SMILES string of the molecule is COc1cccc(C2CCCN2C(=O)Nc2cc(NC(C)=O)ccc2F)c1. The van der Waals surface area contributed by atoms with E-state index in [4.69, 9.17) is 4.74 Å². The van der Waals surface area contributed by atoms with Crippen molar-refractivity contribution >= 4 is 23.3 Å². The summed E-state index contributed by atoms with van der Waals surface area (Å²) in [6, 6.07) is 11.2. The van der Waals surface area contributed by atoms with Crippen molar-refractivity contribution in [1.82, 2.24) is 4.90 Å². The van der Waals surface area contributed by atoms with Crippen molar-refractivity contribution in [3.05, 3.63) is 53.8 Å². The van der Waals surface area contributed by atoms with E-state index in [0.717, 1.165) is 24.2 Å². The Balaban J connectivity index is 1.78. The molecule has 1 unspecified atom stereocenters. The van der Waals surface area contributed by atoms with Gasteiger partial charge in [0, 0.05) is 19.2 Å². The highest BCUT2D eigenvalue weighted by atomic mass is 19.1. The topological polar surface area (TPSA) is 70.7 Å². The molecule has 6 nitrogen and oxygen atoms in total. The number of benzene rings is 2. The van der Waals surface area contributed by atoms with Crippen LogP contribution in [0.1, 0.15) is 31.4 Å². The molecule has 0 aliphatic carbocycles. The Morgan fingerprint density at radius 1 is 1.19 bits per heavy atom. The van der Waals surface area contributed by atoms with Crippen molar-refractivity contribution in [3.8, 4) is 5.75 Å². The zero-order chi connectivity index (χ0) is 19.4. The van der Waals surface area contributed by atoms with Gasteiger partial charge in [-0.15, -0.1) is 0 Å². The average Bonchev–Trinajstić information content (AvgIpc) is 3.14. The van der Waals surface area contributed by atoms with Crippen molar-refractivity contribution in [2.24, 2.45) is 0 Å². The maximum Gasteiger partial charge on any atom is 0.322 e. The maximum absolute atomic E-state index is 14.1. The number of carbonyl (C=O) groups is 2. The van der Waals surface area contributed by atoms with Gasteiger partial charge in [0.25, 0.3) is 0 Å². The van der Waals surface area contributed by atoms with Gasteiger partial charge in [-0.3, -0.25) is 4.79 Å².